The summed E-state index contributed by atoms with van der Waals surface area (Å²) in [5.74, 6) is 1.38. The highest BCUT2D eigenvalue weighted by atomic mass is 16.6. The molecule has 134 valence electrons. The van der Waals surface area contributed by atoms with Gasteiger partial charge < -0.3 is 24.1 Å². The van der Waals surface area contributed by atoms with Crippen LogP contribution < -0.4 is 10.1 Å². The molecule has 1 N–H and O–H groups in total. The van der Waals surface area contributed by atoms with E-state index in [2.05, 4.69) is 10.5 Å². The normalized spacial score (nSPS) is 17.1. The Balaban J connectivity index is 1.70. The summed E-state index contributed by atoms with van der Waals surface area (Å²) in [5, 5.41) is 6.39. The SMILES string of the molecule is CNC(=O)OCc1c(C)noc1-c1ccc(O[C@@H]2CCCOC2)cc1. The van der Waals surface area contributed by atoms with E-state index in [1.165, 1.54) is 7.05 Å². The molecule has 0 unspecified atom stereocenters. The first-order valence-corrected chi connectivity index (χ1v) is 8.32. The van der Waals surface area contributed by atoms with Crippen molar-refractivity contribution >= 4 is 6.09 Å². The second-order valence-corrected chi connectivity index (χ2v) is 5.88. The van der Waals surface area contributed by atoms with Gasteiger partial charge in [-0.1, -0.05) is 5.16 Å². The van der Waals surface area contributed by atoms with Crippen molar-refractivity contribution in [1.29, 1.82) is 0 Å². The lowest BCUT2D eigenvalue weighted by atomic mass is 10.1. The lowest BCUT2D eigenvalue weighted by Crippen LogP contribution is -2.27. The molecule has 1 fully saturated rings. The third kappa shape index (κ3) is 4.30. The number of aromatic nitrogens is 1. The van der Waals surface area contributed by atoms with Crippen molar-refractivity contribution in [1.82, 2.24) is 10.5 Å². The minimum atomic E-state index is -0.495. The van der Waals surface area contributed by atoms with E-state index in [1.807, 2.05) is 31.2 Å². The zero-order chi connectivity index (χ0) is 17.6. The Morgan fingerprint density at radius 3 is 2.84 bits per heavy atom. The molecule has 0 saturated carbocycles. The number of nitrogens with one attached hydrogen (secondary N) is 1. The number of aryl methyl sites for hydroxylation is 1. The van der Waals surface area contributed by atoms with E-state index in [9.17, 15) is 4.79 Å². The first-order chi connectivity index (χ1) is 12.2. The summed E-state index contributed by atoms with van der Waals surface area (Å²) >= 11 is 0. The van der Waals surface area contributed by atoms with Crippen LogP contribution in [0.4, 0.5) is 4.79 Å². The molecule has 0 aliphatic carbocycles. The van der Waals surface area contributed by atoms with Crippen molar-refractivity contribution in [3.8, 4) is 17.1 Å². The topological polar surface area (TPSA) is 82.8 Å². The maximum Gasteiger partial charge on any atom is 0.407 e. The Hall–Kier alpha value is -2.54. The Labute approximate surface area is 146 Å². The average molecular weight is 346 g/mol. The Kier molecular flexibility index (Phi) is 5.55. The molecule has 25 heavy (non-hydrogen) atoms. The minimum absolute atomic E-state index is 0.0992. The van der Waals surface area contributed by atoms with Crippen LogP contribution in [0.15, 0.2) is 28.8 Å². The van der Waals surface area contributed by atoms with Gasteiger partial charge in [0.1, 0.15) is 18.5 Å². The Bertz CT molecular complexity index is 705. The summed E-state index contributed by atoms with van der Waals surface area (Å²) in [6.07, 6.45) is 1.63. The molecular formula is C18H22N2O5. The van der Waals surface area contributed by atoms with Crippen LogP contribution in [-0.4, -0.2) is 37.6 Å². The molecule has 1 aliphatic rings. The van der Waals surface area contributed by atoms with Gasteiger partial charge in [0.15, 0.2) is 5.76 Å². The molecule has 2 heterocycles. The van der Waals surface area contributed by atoms with Crippen molar-refractivity contribution in [2.75, 3.05) is 20.3 Å². The zero-order valence-electron chi connectivity index (χ0n) is 14.4. The number of hydrogen-bond donors (Lipinski definition) is 1. The van der Waals surface area contributed by atoms with Gasteiger partial charge in [0, 0.05) is 19.2 Å². The summed E-state index contributed by atoms with van der Waals surface area (Å²) in [4.78, 5) is 11.3. The monoisotopic (exact) mass is 346 g/mol. The number of carbonyl (C=O) groups is 1. The fourth-order valence-corrected chi connectivity index (χ4v) is 2.68. The molecule has 0 bridgehead atoms. The number of carbonyl (C=O) groups excluding carboxylic acids is 1. The smallest absolute Gasteiger partial charge is 0.407 e. The molecule has 1 aliphatic heterocycles. The van der Waals surface area contributed by atoms with Crippen LogP contribution in [0.2, 0.25) is 0 Å². The average Bonchev–Trinajstić information content (AvgIpc) is 3.02. The number of rotatable bonds is 5. The van der Waals surface area contributed by atoms with E-state index in [0.29, 0.717) is 18.1 Å². The van der Waals surface area contributed by atoms with E-state index in [4.69, 9.17) is 18.7 Å². The van der Waals surface area contributed by atoms with Crippen LogP contribution >= 0.6 is 0 Å². The summed E-state index contributed by atoms with van der Waals surface area (Å²) in [7, 11) is 1.51. The highest BCUT2D eigenvalue weighted by molar-refractivity contribution is 5.67. The number of ether oxygens (including phenoxy) is 3. The molecule has 0 radical (unpaired) electrons. The lowest BCUT2D eigenvalue weighted by Gasteiger charge is -2.23. The van der Waals surface area contributed by atoms with Gasteiger partial charge in [-0.05, 0) is 44.0 Å². The standard InChI is InChI=1S/C18H22N2O5/c1-12-16(11-23-18(21)19-2)17(25-20-12)13-5-7-14(8-6-13)24-15-4-3-9-22-10-15/h5-8,15H,3-4,9-11H2,1-2H3,(H,19,21)/t15-/m1/s1. The molecule has 1 atom stereocenters. The van der Waals surface area contributed by atoms with Crippen molar-refractivity contribution in [2.24, 2.45) is 0 Å². The van der Waals surface area contributed by atoms with Crippen LogP contribution in [0, 0.1) is 6.92 Å². The molecule has 1 saturated heterocycles. The van der Waals surface area contributed by atoms with Gasteiger partial charge in [0.2, 0.25) is 0 Å². The number of nitrogens with zero attached hydrogens (tertiary/aromatic N) is 1. The highest BCUT2D eigenvalue weighted by Gasteiger charge is 2.18. The Morgan fingerprint density at radius 1 is 1.36 bits per heavy atom. The Morgan fingerprint density at radius 2 is 2.16 bits per heavy atom. The summed E-state index contributed by atoms with van der Waals surface area (Å²) in [6.45, 7) is 3.35. The molecule has 7 nitrogen and oxygen atoms in total. The van der Waals surface area contributed by atoms with E-state index in [0.717, 1.165) is 36.3 Å². The second-order valence-electron chi connectivity index (χ2n) is 5.88. The molecule has 1 aromatic heterocycles. The number of benzene rings is 1. The number of alkyl carbamates (subject to hydrolysis) is 1. The van der Waals surface area contributed by atoms with Crippen LogP contribution in [0.3, 0.4) is 0 Å². The van der Waals surface area contributed by atoms with Gasteiger partial charge >= 0.3 is 6.09 Å². The molecule has 7 heteroatoms. The molecule has 1 amide bonds. The molecular weight excluding hydrogens is 324 g/mol. The quantitative estimate of drug-likeness (QED) is 0.896. The summed E-state index contributed by atoms with van der Waals surface area (Å²) in [6, 6.07) is 7.60. The molecule has 2 aromatic rings. The third-order valence-corrected chi connectivity index (χ3v) is 4.07. The number of hydrogen-bond acceptors (Lipinski definition) is 6. The summed E-state index contributed by atoms with van der Waals surface area (Å²) < 4.78 is 21.9. The van der Waals surface area contributed by atoms with Crippen LogP contribution in [0.5, 0.6) is 5.75 Å². The van der Waals surface area contributed by atoms with Crippen molar-refractivity contribution in [2.45, 2.75) is 32.5 Å². The van der Waals surface area contributed by atoms with E-state index in [-0.39, 0.29) is 12.7 Å². The van der Waals surface area contributed by atoms with Crippen LogP contribution in [-0.2, 0) is 16.1 Å². The molecule has 1 aromatic carbocycles. The van der Waals surface area contributed by atoms with Crippen LogP contribution in [0.1, 0.15) is 24.1 Å². The predicted molar refractivity (Wildman–Crippen MR) is 90.4 cm³/mol. The fraction of sp³-hybridized carbons (Fsp3) is 0.444. The maximum absolute atomic E-state index is 11.3. The van der Waals surface area contributed by atoms with Gasteiger partial charge in [-0.3, -0.25) is 0 Å². The second kappa shape index (κ2) is 8.02. The molecule has 0 spiro atoms. The van der Waals surface area contributed by atoms with Gasteiger partial charge in [0.05, 0.1) is 17.9 Å². The highest BCUT2D eigenvalue weighted by Crippen LogP contribution is 2.29. The van der Waals surface area contributed by atoms with E-state index in [1.54, 1.807) is 0 Å². The van der Waals surface area contributed by atoms with Crippen molar-refractivity contribution < 1.29 is 23.5 Å². The van der Waals surface area contributed by atoms with E-state index >= 15 is 0 Å². The first-order valence-electron chi connectivity index (χ1n) is 8.32. The van der Waals surface area contributed by atoms with Gasteiger partial charge in [-0.15, -0.1) is 0 Å². The molecule has 3 rings (SSSR count). The van der Waals surface area contributed by atoms with Crippen molar-refractivity contribution in [3.05, 3.63) is 35.5 Å². The van der Waals surface area contributed by atoms with Crippen molar-refractivity contribution in [3.63, 3.8) is 0 Å². The zero-order valence-corrected chi connectivity index (χ0v) is 14.4. The lowest BCUT2D eigenvalue weighted by molar-refractivity contribution is 0.00743. The number of amides is 1. The van der Waals surface area contributed by atoms with Gasteiger partial charge in [-0.25, -0.2) is 4.79 Å². The third-order valence-electron chi connectivity index (χ3n) is 4.07. The predicted octanol–water partition coefficient (Wildman–Crippen LogP) is 3.06. The van der Waals surface area contributed by atoms with Gasteiger partial charge in [-0.2, -0.15) is 0 Å². The maximum atomic E-state index is 11.3. The minimum Gasteiger partial charge on any atom is -0.488 e. The first kappa shape index (κ1) is 17.3. The largest absolute Gasteiger partial charge is 0.488 e. The van der Waals surface area contributed by atoms with Crippen LogP contribution in [0.25, 0.3) is 11.3 Å². The van der Waals surface area contributed by atoms with E-state index < -0.39 is 6.09 Å². The fourth-order valence-electron chi connectivity index (χ4n) is 2.68. The van der Waals surface area contributed by atoms with Gasteiger partial charge in [0.25, 0.3) is 0 Å². The summed E-state index contributed by atoms with van der Waals surface area (Å²) in [5.41, 5.74) is 2.29.